The van der Waals surface area contributed by atoms with Gasteiger partial charge in [0, 0.05) is 17.3 Å². The van der Waals surface area contributed by atoms with Gasteiger partial charge in [0.2, 0.25) is 0 Å². The summed E-state index contributed by atoms with van der Waals surface area (Å²) < 4.78 is 29.8. The quantitative estimate of drug-likeness (QED) is 0.350. The Kier molecular flexibility index (Phi) is 4.18. The standard InChI is InChI=1S/C12H22N2O3S2/c1-12(2)9-4-3-8(10(12)5-9)6-14-11(13)7-18-19(15,16)17/h8-10H,3-7H2,1-2H3,(H2,13,14)(H,15,16,17)/t8-,9?,10?/m1/s1. The molecule has 0 radical (unpaired) electrons. The number of hydrogen-bond donors (Lipinski definition) is 2. The minimum Gasteiger partial charge on any atom is -0.387 e. The molecule has 0 aliphatic heterocycles. The van der Waals surface area contributed by atoms with E-state index in [0.29, 0.717) is 34.5 Å². The van der Waals surface area contributed by atoms with Crippen LogP contribution in [0.2, 0.25) is 0 Å². The summed E-state index contributed by atoms with van der Waals surface area (Å²) in [5.74, 6) is 2.47. The van der Waals surface area contributed by atoms with Crippen molar-refractivity contribution in [3.8, 4) is 0 Å². The Hall–Kier alpha value is -0.270. The molecule has 3 fully saturated rings. The molecule has 3 N–H and O–H groups in total. The van der Waals surface area contributed by atoms with Crippen molar-refractivity contribution in [1.29, 1.82) is 0 Å². The normalized spacial score (nSPS) is 33.8. The summed E-state index contributed by atoms with van der Waals surface area (Å²) in [5.41, 5.74) is 6.10. The zero-order valence-electron chi connectivity index (χ0n) is 11.4. The highest BCUT2D eigenvalue weighted by Crippen LogP contribution is 2.61. The molecule has 19 heavy (non-hydrogen) atoms. The fourth-order valence-electron chi connectivity index (χ4n) is 3.60. The van der Waals surface area contributed by atoms with Crippen LogP contribution >= 0.6 is 10.8 Å². The summed E-state index contributed by atoms with van der Waals surface area (Å²) in [7, 11) is -3.62. The predicted molar refractivity (Wildman–Crippen MR) is 78.6 cm³/mol. The molecule has 3 saturated carbocycles. The van der Waals surface area contributed by atoms with Gasteiger partial charge >= 0.3 is 9.15 Å². The number of nitrogens with two attached hydrogens (primary N) is 1. The third-order valence-corrected chi connectivity index (χ3v) is 6.84. The van der Waals surface area contributed by atoms with Crippen LogP contribution in [0.3, 0.4) is 0 Å². The molecule has 0 aromatic carbocycles. The van der Waals surface area contributed by atoms with Crippen LogP contribution in [0.15, 0.2) is 4.99 Å². The summed E-state index contributed by atoms with van der Waals surface area (Å²) in [4.78, 5) is 4.29. The van der Waals surface area contributed by atoms with E-state index in [2.05, 4.69) is 18.8 Å². The minimum atomic E-state index is -4.03. The van der Waals surface area contributed by atoms with E-state index >= 15 is 0 Å². The smallest absolute Gasteiger partial charge is 0.320 e. The molecule has 3 atom stereocenters. The summed E-state index contributed by atoms with van der Waals surface area (Å²) in [5, 5.41) is 0. The predicted octanol–water partition coefficient (Wildman–Crippen LogP) is 1.95. The number of rotatable bonds is 5. The Balaban J connectivity index is 1.85. The number of hydrogen-bond acceptors (Lipinski definition) is 4. The fraction of sp³-hybridized carbons (Fsp3) is 0.917. The second-order valence-corrected chi connectivity index (χ2v) is 9.57. The van der Waals surface area contributed by atoms with Gasteiger partial charge in [0.05, 0.1) is 5.75 Å². The van der Waals surface area contributed by atoms with Gasteiger partial charge in [0.15, 0.2) is 0 Å². The first kappa shape index (κ1) is 15.1. The van der Waals surface area contributed by atoms with Gasteiger partial charge in [-0.25, -0.2) is 0 Å². The van der Waals surface area contributed by atoms with Gasteiger partial charge in [0.1, 0.15) is 5.84 Å². The Morgan fingerprint density at radius 3 is 2.68 bits per heavy atom. The lowest BCUT2D eigenvalue weighted by Gasteiger charge is -2.60. The monoisotopic (exact) mass is 306 g/mol. The van der Waals surface area contributed by atoms with Gasteiger partial charge in [-0.05, 0) is 42.4 Å². The van der Waals surface area contributed by atoms with E-state index in [9.17, 15) is 8.42 Å². The first-order valence-electron chi connectivity index (χ1n) is 6.61. The van der Waals surface area contributed by atoms with Crippen molar-refractivity contribution in [2.24, 2.45) is 33.9 Å². The molecule has 3 aliphatic rings. The molecule has 0 heterocycles. The highest BCUT2D eigenvalue weighted by molar-refractivity contribution is 8.70. The van der Waals surface area contributed by atoms with E-state index in [1.165, 1.54) is 19.3 Å². The summed E-state index contributed by atoms with van der Waals surface area (Å²) in [6.07, 6.45) is 3.76. The van der Waals surface area contributed by atoms with Crippen molar-refractivity contribution in [2.45, 2.75) is 33.1 Å². The molecule has 2 bridgehead atoms. The van der Waals surface area contributed by atoms with Gasteiger partial charge in [-0.2, -0.15) is 8.42 Å². The Bertz CT molecular complexity index is 471. The van der Waals surface area contributed by atoms with E-state index in [1.807, 2.05) is 0 Å². The fourth-order valence-corrected chi connectivity index (χ4v) is 4.77. The summed E-state index contributed by atoms with van der Waals surface area (Å²) in [6, 6.07) is 0. The maximum atomic E-state index is 10.6. The van der Waals surface area contributed by atoms with Crippen LogP contribution in [0.25, 0.3) is 0 Å². The molecule has 110 valence electrons. The molecule has 0 aromatic rings. The minimum absolute atomic E-state index is 0.0300. The molecular weight excluding hydrogens is 284 g/mol. The molecule has 7 heteroatoms. The van der Waals surface area contributed by atoms with Crippen molar-refractivity contribution in [2.75, 3.05) is 12.3 Å². The second kappa shape index (κ2) is 5.26. The van der Waals surface area contributed by atoms with Crippen molar-refractivity contribution < 1.29 is 13.0 Å². The van der Waals surface area contributed by atoms with Gasteiger partial charge in [0.25, 0.3) is 0 Å². The molecular formula is C12H22N2O3S2. The average Bonchev–Trinajstić information content (AvgIpc) is 2.33. The molecule has 0 amide bonds. The largest absolute Gasteiger partial charge is 0.387 e. The lowest BCUT2D eigenvalue weighted by molar-refractivity contribution is -0.101. The van der Waals surface area contributed by atoms with Gasteiger partial charge in [-0.3, -0.25) is 9.55 Å². The Morgan fingerprint density at radius 1 is 1.47 bits per heavy atom. The molecule has 2 unspecified atom stereocenters. The zero-order valence-corrected chi connectivity index (χ0v) is 13.0. The third-order valence-electron chi connectivity index (χ3n) is 4.89. The van der Waals surface area contributed by atoms with E-state index in [1.54, 1.807) is 0 Å². The number of amidine groups is 1. The van der Waals surface area contributed by atoms with Crippen LogP contribution in [0.4, 0.5) is 0 Å². The van der Waals surface area contributed by atoms with Gasteiger partial charge < -0.3 is 5.73 Å². The summed E-state index contributed by atoms with van der Waals surface area (Å²) in [6.45, 7) is 5.34. The van der Waals surface area contributed by atoms with Crippen molar-refractivity contribution >= 4 is 25.8 Å². The molecule has 0 saturated heterocycles. The van der Waals surface area contributed by atoms with Gasteiger partial charge in [-0.15, -0.1) is 0 Å². The van der Waals surface area contributed by atoms with E-state index < -0.39 is 9.15 Å². The SMILES string of the molecule is CC1(C)C2CC[C@H](CN=C(N)CSS(=O)(=O)O)C1C2. The van der Waals surface area contributed by atoms with Crippen LogP contribution in [-0.4, -0.2) is 31.1 Å². The first-order chi connectivity index (χ1) is 8.70. The number of nitrogens with zero attached hydrogens (tertiary/aromatic N) is 1. The van der Waals surface area contributed by atoms with Gasteiger partial charge in [-0.1, -0.05) is 13.8 Å². The number of aliphatic imine (C=N–C) groups is 1. The van der Waals surface area contributed by atoms with Crippen LogP contribution in [-0.2, 0) is 9.15 Å². The lowest BCUT2D eigenvalue weighted by Crippen LogP contribution is -2.53. The topological polar surface area (TPSA) is 92.8 Å². The zero-order chi connectivity index (χ0) is 14.3. The average molecular weight is 306 g/mol. The van der Waals surface area contributed by atoms with Crippen LogP contribution in [0.5, 0.6) is 0 Å². The van der Waals surface area contributed by atoms with Crippen molar-refractivity contribution in [3.05, 3.63) is 0 Å². The molecule has 5 nitrogen and oxygen atoms in total. The highest BCUT2D eigenvalue weighted by atomic mass is 33.1. The Morgan fingerprint density at radius 2 is 2.16 bits per heavy atom. The first-order valence-corrected chi connectivity index (χ1v) is 9.55. The van der Waals surface area contributed by atoms with Crippen molar-refractivity contribution in [1.82, 2.24) is 0 Å². The molecule has 0 aromatic heterocycles. The molecule has 3 rings (SSSR count). The second-order valence-electron chi connectivity index (χ2n) is 6.22. The number of fused-ring (bicyclic) bond motifs is 2. The maximum Gasteiger partial charge on any atom is 0.320 e. The lowest BCUT2D eigenvalue weighted by atomic mass is 9.45. The molecule has 3 aliphatic carbocycles. The van der Waals surface area contributed by atoms with E-state index in [4.69, 9.17) is 10.3 Å². The Labute approximate surface area is 118 Å². The van der Waals surface area contributed by atoms with Crippen LogP contribution in [0.1, 0.15) is 33.1 Å². The van der Waals surface area contributed by atoms with E-state index in [0.717, 1.165) is 11.8 Å². The highest BCUT2D eigenvalue weighted by Gasteiger charge is 2.53. The van der Waals surface area contributed by atoms with Crippen LogP contribution < -0.4 is 5.73 Å². The molecule has 0 spiro atoms. The van der Waals surface area contributed by atoms with Crippen LogP contribution in [0, 0.1) is 23.2 Å². The van der Waals surface area contributed by atoms with E-state index in [-0.39, 0.29) is 5.75 Å². The maximum absolute atomic E-state index is 10.6. The van der Waals surface area contributed by atoms with Crippen molar-refractivity contribution in [3.63, 3.8) is 0 Å². The summed E-state index contributed by atoms with van der Waals surface area (Å²) >= 11 is 0. The third kappa shape index (κ3) is 3.44.